The molecule has 0 fully saturated rings. The maximum absolute atomic E-state index is 12.1. The number of sulfone groups is 1. The molecule has 0 bridgehead atoms. The molecule has 94 valence electrons. The molecule has 4 nitrogen and oxygen atoms in total. The number of carboxylic acids is 1. The van der Waals surface area contributed by atoms with Crippen LogP contribution in [0.4, 0.5) is 0 Å². The average Bonchev–Trinajstić information content (AvgIpc) is 2.25. The van der Waals surface area contributed by atoms with Crippen molar-refractivity contribution in [1.82, 2.24) is 0 Å². The summed E-state index contributed by atoms with van der Waals surface area (Å²) < 4.78 is 24.2. The van der Waals surface area contributed by atoms with Crippen LogP contribution in [0.15, 0.2) is 29.2 Å². The molecule has 5 heteroatoms. The van der Waals surface area contributed by atoms with Crippen LogP contribution in [0, 0.1) is 6.92 Å². The molecule has 1 unspecified atom stereocenters. The summed E-state index contributed by atoms with van der Waals surface area (Å²) in [5.41, 5.74) is 0.936. The highest BCUT2D eigenvalue weighted by Crippen LogP contribution is 2.20. The molecule has 17 heavy (non-hydrogen) atoms. The predicted molar refractivity (Wildman–Crippen MR) is 64.7 cm³/mol. The molecule has 0 spiro atoms. The highest BCUT2D eigenvalue weighted by atomic mass is 32.2. The Kier molecular flexibility index (Phi) is 4.28. The van der Waals surface area contributed by atoms with Crippen LogP contribution >= 0.6 is 0 Å². The number of rotatable bonds is 5. The molecule has 0 heterocycles. The van der Waals surface area contributed by atoms with Crippen molar-refractivity contribution in [2.75, 3.05) is 0 Å². The topological polar surface area (TPSA) is 71.4 Å². The molecule has 0 aliphatic rings. The zero-order valence-corrected chi connectivity index (χ0v) is 10.7. The summed E-state index contributed by atoms with van der Waals surface area (Å²) in [4.78, 5) is 11.1. The second kappa shape index (κ2) is 5.31. The van der Waals surface area contributed by atoms with Gasteiger partial charge in [0.25, 0.3) is 0 Å². The lowest BCUT2D eigenvalue weighted by molar-refractivity contribution is -0.136. The van der Waals surface area contributed by atoms with E-state index in [1.807, 2.05) is 6.92 Å². The van der Waals surface area contributed by atoms with Gasteiger partial charge < -0.3 is 5.11 Å². The zero-order valence-electron chi connectivity index (χ0n) is 9.88. The van der Waals surface area contributed by atoms with E-state index in [9.17, 15) is 13.2 Å². The first-order chi connectivity index (χ1) is 7.89. The van der Waals surface area contributed by atoms with Crippen LogP contribution < -0.4 is 0 Å². The molecule has 0 aromatic heterocycles. The second-order valence-electron chi connectivity index (χ2n) is 3.97. The Labute approximate surface area is 101 Å². The van der Waals surface area contributed by atoms with Gasteiger partial charge in [0.15, 0.2) is 15.1 Å². The Hall–Kier alpha value is -1.36. The summed E-state index contributed by atoms with van der Waals surface area (Å²) in [5, 5.41) is 7.63. The van der Waals surface area contributed by atoms with Gasteiger partial charge in [0.1, 0.15) is 0 Å². The quantitative estimate of drug-likeness (QED) is 0.874. The zero-order chi connectivity index (χ0) is 13.1. The third-order valence-corrected chi connectivity index (χ3v) is 4.67. The second-order valence-corrected chi connectivity index (χ2v) is 6.10. The van der Waals surface area contributed by atoms with Crippen molar-refractivity contribution in [3.8, 4) is 0 Å². The van der Waals surface area contributed by atoms with Crippen LogP contribution in [0.3, 0.4) is 0 Å². The van der Waals surface area contributed by atoms with Gasteiger partial charge in [-0.1, -0.05) is 31.0 Å². The van der Waals surface area contributed by atoms with E-state index in [4.69, 9.17) is 5.11 Å². The van der Waals surface area contributed by atoms with E-state index >= 15 is 0 Å². The van der Waals surface area contributed by atoms with Crippen LogP contribution in [-0.2, 0) is 14.6 Å². The number of benzene rings is 1. The first kappa shape index (κ1) is 13.7. The van der Waals surface area contributed by atoms with Crippen LogP contribution in [0.1, 0.15) is 25.3 Å². The van der Waals surface area contributed by atoms with Crippen molar-refractivity contribution in [1.29, 1.82) is 0 Å². The molecule has 0 aliphatic heterocycles. The highest BCUT2D eigenvalue weighted by Gasteiger charge is 2.32. The maximum atomic E-state index is 12.1. The lowest BCUT2D eigenvalue weighted by Gasteiger charge is -2.12. The summed E-state index contributed by atoms with van der Waals surface area (Å²) in [7, 11) is -3.78. The fourth-order valence-electron chi connectivity index (χ4n) is 1.57. The molecule has 0 aliphatic carbocycles. The number of carboxylic acid groups (broad SMARTS) is 1. The lowest BCUT2D eigenvalue weighted by atomic mass is 10.2. The van der Waals surface area contributed by atoms with Gasteiger partial charge in [-0.15, -0.1) is 0 Å². The lowest BCUT2D eigenvalue weighted by Crippen LogP contribution is -2.30. The number of hydrogen-bond donors (Lipinski definition) is 1. The Morgan fingerprint density at radius 1 is 1.29 bits per heavy atom. The van der Waals surface area contributed by atoms with Gasteiger partial charge in [-0.3, -0.25) is 4.79 Å². The Morgan fingerprint density at radius 2 is 1.82 bits per heavy atom. The largest absolute Gasteiger partial charge is 0.480 e. The van der Waals surface area contributed by atoms with Gasteiger partial charge in [0, 0.05) is 0 Å². The van der Waals surface area contributed by atoms with E-state index in [2.05, 4.69) is 0 Å². The number of hydrogen-bond acceptors (Lipinski definition) is 3. The molecule has 0 saturated carbocycles. The minimum absolute atomic E-state index is 0.0731. The average molecular weight is 256 g/mol. The minimum Gasteiger partial charge on any atom is -0.480 e. The Balaban J connectivity index is 3.16. The third-order valence-electron chi connectivity index (χ3n) is 2.55. The van der Waals surface area contributed by atoms with Crippen molar-refractivity contribution in [3.05, 3.63) is 29.8 Å². The fourth-order valence-corrected chi connectivity index (χ4v) is 3.22. The van der Waals surface area contributed by atoms with Gasteiger partial charge in [-0.05, 0) is 25.5 Å². The van der Waals surface area contributed by atoms with Crippen LogP contribution in [0.25, 0.3) is 0 Å². The molecule has 1 N–H and O–H groups in total. The summed E-state index contributed by atoms with van der Waals surface area (Å²) in [6.45, 7) is 3.61. The predicted octanol–water partition coefficient (Wildman–Crippen LogP) is 2.02. The van der Waals surface area contributed by atoms with E-state index in [-0.39, 0.29) is 11.3 Å². The third kappa shape index (κ3) is 3.06. The van der Waals surface area contributed by atoms with E-state index in [1.165, 1.54) is 12.1 Å². The van der Waals surface area contributed by atoms with Crippen LogP contribution in [0.2, 0.25) is 0 Å². The fraction of sp³-hybridized carbons (Fsp3) is 0.417. The molecular weight excluding hydrogens is 240 g/mol. The number of aryl methyl sites for hydroxylation is 1. The molecule has 0 amide bonds. The van der Waals surface area contributed by atoms with Crippen molar-refractivity contribution in [3.63, 3.8) is 0 Å². The minimum atomic E-state index is -3.78. The monoisotopic (exact) mass is 256 g/mol. The maximum Gasteiger partial charge on any atom is 0.322 e. The highest BCUT2D eigenvalue weighted by molar-refractivity contribution is 7.92. The van der Waals surface area contributed by atoms with Crippen molar-refractivity contribution in [2.45, 2.75) is 36.8 Å². The van der Waals surface area contributed by atoms with Gasteiger partial charge in [0.05, 0.1) is 4.90 Å². The van der Waals surface area contributed by atoms with E-state index < -0.39 is 21.1 Å². The molecule has 1 rings (SSSR count). The van der Waals surface area contributed by atoms with Crippen LogP contribution in [-0.4, -0.2) is 24.7 Å². The van der Waals surface area contributed by atoms with Crippen molar-refractivity contribution < 1.29 is 18.3 Å². The van der Waals surface area contributed by atoms with E-state index in [0.29, 0.717) is 6.42 Å². The van der Waals surface area contributed by atoms with Crippen LogP contribution in [0.5, 0.6) is 0 Å². The first-order valence-electron chi connectivity index (χ1n) is 5.43. The van der Waals surface area contributed by atoms with Gasteiger partial charge in [0.2, 0.25) is 0 Å². The standard InChI is InChI=1S/C12H16O4S/c1-3-4-11(12(13)14)17(15,16)10-7-5-9(2)6-8-10/h5-8,11H,3-4H2,1-2H3,(H,13,14). The number of aliphatic carboxylic acids is 1. The summed E-state index contributed by atoms with van der Waals surface area (Å²) in [6, 6.07) is 6.24. The van der Waals surface area contributed by atoms with Gasteiger partial charge in [-0.2, -0.15) is 0 Å². The Bertz CT molecular complexity index is 488. The normalized spacial score (nSPS) is 13.3. The SMILES string of the molecule is CCCC(C(=O)O)S(=O)(=O)c1ccc(C)cc1. The molecule has 0 saturated heterocycles. The summed E-state index contributed by atoms with van der Waals surface area (Å²) >= 11 is 0. The molecule has 1 aromatic rings. The van der Waals surface area contributed by atoms with Gasteiger partial charge in [-0.25, -0.2) is 8.42 Å². The smallest absolute Gasteiger partial charge is 0.322 e. The first-order valence-corrected chi connectivity index (χ1v) is 6.97. The summed E-state index contributed by atoms with van der Waals surface area (Å²) in [5.74, 6) is -1.28. The molecule has 1 aromatic carbocycles. The Morgan fingerprint density at radius 3 is 2.24 bits per heavy atom. The molecular formula is C12H16O4S. The number of carbonyl (C=O) groups is 1. The van der Waals surface area contributed by atoms with E-state index in [0.717, 1.165) is 5.56 Å². The van der Waals surface area contributed by atoms with Crippen molar-refractivity contribution >= 4 is 15.8 Å². The van der Waals surface area contributed by atoms with Gasteiger partial charge >= 0.3 is 5.97 Å². The van der Waals surface area contributed by atoms with Crippen molar-refractivity contribution in [2.24, 2.45) is 0 Å². The van der Waals surface area contributed by atoms with E-state index in [1.54, 1.807) is 19.1 Å². The molecule has 1 atom stereocenters. The summed E-state index contributed by atoms with van der Waals surface area (Å²) in [6.07, 6.45) is 0.646. The molecule has 0 radical (unpaired) electrons.